The smallest absolute Gasteiger partial charge is 0.406 e. The number of carbonyl (C=O) groups is 4. The molecular weight excluding hydrogens is 803 g/mol. The minimum atomic E-state index is -0.528. The van der Waals surface area contributed by atoms with Crippen LogP contribution in [0, 0.1) is 23.7 Å². The number of ether oxygens (including phenoxy) is 8. The Hall–Kier alpha value is -4.70. The van der Waals surface area contributed by atoms with Gasteiger partial charge in [0.15, 0.2) is 23.0 Å². The van der Waals surface area contributed by atoms with E-state index in [1.54, 1.807) is 14.2 Å². The molecule has 0 saturated heterocycles. The summed E-state index contributed by atoms with van der Waals surface area (Å²) in [5.41, 5.74) is 1.83. The molecule has 4 saturated carbocycles. The monoisotopic (exact) mass is 863 g/mol. The number of alkyl carbamates (subject to hydrolysis) is 4. The van der Waals surface area contributed by atoms with Crippen LogP contribution in [0.25, 0.3) is 0 Å². The Morgan fingerprint density at radius 2 is 0.847 bits per heavy atom. The molecule has 4 aliphatic rings. The predicted octanol–water partition coefficient (Wildman–Crippen LogP) is 6.11. The third-order valence-corrected chi connectivity index (χ3v) is 11.9. The van der Waals surface area contributed by atoms with Crippen LogP contribution < -0.4 is 40.2 Å². The summed E-state index contributed by atoms with van der Waals surface area (Å²) in [4.78, 5) is 46.1. The first-order valence-corrected chi connectivity index (χ1v) is 20.0. The summed E-state index contributed by atoms with van der Waals surface area (Å²) in [6.45, 7) is 1.15. The molecule has 0 aromatic heterocycles. The van der Waals surface area contributed by atoms with Crippen molar-refractivity contribution in [2.45, 2.75) is 75.4 Å². The number of rotatable bonds is 16. The van der Waals surface area contributed by atoms with E-state index in [0.29, 0.717) is 34.8 Å². The molecule has 325 valence electrons. The van der Waals surface area contributed by atoms with Gasteiger partial charge in [-0.05, 0) is 110 Å². The molecule has 4 fully saturated rings. The molecule has 0 spiro atoms. The van der Waals surface area contributed by atoms with Crippen molar-refractivity contribution in [3.8, 4) is 23.0 Å². The molecule has 6 rings (SSSR count). The third kappa shape index (κ3) is 13.1. The molecule has 4 N–H and O–H groups in total. The Labute approximate surface area is 358 Å². The predicted molar refractivity (Wildman–Crippen MR) is 213 cm³/mol. The van der Waals surface area contributed by atoms with Gasteiger partial charge in [-0.3, -0.25) is 0 Å². The van der Waals surface area contributed by atoms with E-state index in [-0.39, 0.29) is 68.8 Å². The van der Waals surface area contributed by atoms with Crippen molar-refractivity contribution >= 4 is 24.4 Å². The number of hydrogen-bond donors (Lipinski definition) is 4. The van der Waals surface area contributed by atoms with Crippen molar-refractivity contribution < 1.29 is 75.6 Å². The Balaban J connectivity index is 0.000000256. The number of hydrogen-bond acceptors (Lipinski definition) is 12. The molecule has 4 bridgehead atoms. The van der Waals surface area contributed by atoms with Gasteiger partial charge in [0.2, 0.25) is 0 Å². The van der Waals surface area contributed by atoms with Crippen LogP contribution in [0.1, 0.15) is 74.3 Å². The first kappa shape index (κ1) is 47.0. The van der Waals surface area contributed by atoms with Crippen LogP contribution in [0.15, 0.2) is 36.4 Å². The SMILES string of the molecule is COC(=O)NCC(CNC(=O)OC)c1ccc(OC)c(OC2CC3CCC2C3)c1.COC(=O)NCC(CNC(=O)OC)c1ccc(OC)c(OC2CC3CCC2C3)c1.[V]. The number of fused-ring (bicyclic) bond motifs is 4. The van der Waals surface area contributed by atoms with Crippen molar-refractivity contribution in [2.75, 3.05) is 68.8 Å². The van der Waals surface area contributed by atoms with Crippen LogP contribution in [0.2, 0.25) is 0 Å². The number of benzene rings is 2. The number of carbonyl (C=O) groups excluding carboxylic acids is 4. The fourth-order valence-electron chi connectivity index (χ4n) is 8.80. The molecule has 59 heavy (non-hydrogen) atoms. The largest absolute Gasteiger partial charge is 0.493 e. The zero-order valence-corrected chi connectivity index (χ0v) is 36.3. The van der Waals surface area contributed by atoms with Gasteiger partial charge in [-0.15, -0.1) is 0 Å². The summed E-state index contributed by atoms with van der Waals surface area (Å²) >= 11 is 0. The second-order valence-corrected chi connectivity index (χ2v) is 15.4. The summed E-state index contributed by atoms with van der Waals surface area (Å²) < 4.78 is 42.3. The van der Waals surface area contributed by atoms with Crippen molar-refractivity contribution in [3.05, 3.63) is 47.5 Å². The van der Waals surface area contributed by atoms with Gasteiger partial charge in [-0.1, -0.05) is 12.1 Å². The van der Waals surface area contributed by atoms with Crippen molar-refractivity contribution in [1.29, 1.82) is 0 Å². The molecule has 1 radical (unpaired) electrons. The fraction of sp³-hybridized carbons (Fsp3) is 0.619. The van der Waals surface area contributed by atoms with E-state index in [9.17, 15) is 19.2 Å². The molecule has 4 amide bonds. The maximum absolute atomic E-state index is 11.5. The average Bonchev–Trinajstić information content (AvgIpc) is 4.08. The topological polar surface area (TPSA) is 190 Å². The van der Waals surface area contributed by atoms with Gasteiger partial charge in [-0.25, -0.2) is 19.2 Å². The Morgan fingerprint density at radius 1 is 0.508 bits per heavy atom. The van der Waals surface area contributed by atoms with Crippen molar-refractivity contribution in [3.63, 3.8) is 0 Å². The van der Waals surface area contributed by atoms with Gasteiger partial charge >= 0.3 is 24.4 Å². The van der Waals surface area contributed by atoms with E-state index >= 15 is 0 Å². The number of nitrogens with one attached hydrogen (secondary N) is 4. The third-order valence-electron chi connectivity index (χ3n) is 11.9. The van der Waals surface area contributed by atoms with E-state index in [1.165, 1.54) is 67.0 Å². The van der Waals surface area contributed by atoms with Crippen LogP contribution in [0.4, 0.5) is 19.2 Å². The Kier molecular flexibility index (Phi) is 18.5. The second-order valence-electron chi connectivity index (χ2n) is 15.4. The van der Waals surface area contributed by atoms with Gasteiger partial charge in [0.25, 0.3) is 0 Å². The maximum Gasteiger partial charge on any atom is 0.406 e. The number of amides is 4. The minimum Gasteiger partial charge on any atom is -0.493 e. The Bertz CT molecular complexity index is 1540. The zero-order chi connectivity index (χ0) is 41.6. The van der Waals surface area contributed by atoms with Crippen molar-refractivity contribution in [1.82, 2.24) is 21.3 Å². The van der Waals surface area contributed by atoms with Gasteiger partial charge in [0.1, 0.15) is 12.2 Å². The maximum atomic E-state index is 11.5. The summed E-state index contributed by atoms with van der Waals surface area (Å²) in [5, 5.41) is 10.8. The molecule has 16 nitrogen and oxygen atoms in total. The minimum absolute atomic E-state index is 0. The molecule has 0 aliphatic heterocycles. The molecule has 6 atom stereocenters. The summed E-state index contributed by atoms with van der Waals surface area (Å²) in [6.07, 6.45) is 8.09. The van der Waals surface area contributed by atoms with E-state index < -0.39 is 24.4 Å². The van der Waals surface area contributed by atoms with Gasteiger partial charge in [-0.2, -0.15) is 0 Å². The van der Waals surface area contributed by atoms with Gasteiger partial charge < -0.3 is 59.2 Å². The first-order valence-electron chi connectivity index (χ1n) is 20.0. The zero-order valence-electron chi connectivity index (χ0n) is 34.9. The Morgan fingerprint density at radius 3 is 1.10 bits per heavy atom. The molecule has 17 heteroatoms. The quantitative estimate of drug-likeness (QED) is 0.142. The van der Waals surface area contributed by atoms with Crippen LogP contribution >= 0.6 is 0 Å². The first-order chi connectivity index (χ1) is 28.1. The molecule has 2 aromatic rings. The molecular formula is C42H60N4O12V. The summed E-state index contributed by atoms with van der Waals surface area (Å²) in [7, 11) is 8.49. The van der Waals surface area contributed by atoms with Gasteiger partial charge in [0, 0.05) is 56.6 Å². The second kappa shape index (κ2) is 23.2. The van der Waals surface area contributed by atoms with E-state index in [2.05, 4.69) is 40.2 Å². The standard InChI is InChI=1S/2C21H30N2O6.V/c2*1-26-17-7-6-14(10-19(17)29-18-9-13-4-5-15(18)8-13)16(11-22-20(24)27-2)12-23-21(25)28-3;/h2*6-7,10,13,15-16,18H,4-5,8-9,11-12H2,1-3H3,(H,22,24)(H,23,25);. The molecule has 6 unspecified atom stereocenters. The fourth-order valence-corrected chi connectivity index (χ4v) is 8.80. The van der Waals surface area contributed by atoms with Crippen LogP contribution in [-0.4, -0.2) is 105 Å². The summed E-state index contributed by atoms with van der Waals surface area (Å²) in [6, 6.07) is 11.4. The summed E-state index contributed by atoms with van der Waals surface area (Å²) in [5.74, 6) is 5.16. The van der Waals surface area contributed by atoms with Crippen LogP contribution in [0.5, 0.6) is 23.0 Å². The van der Waals surface area contributed by atoms with E-state index in [0.717, 1.165) is 35.8 Å². The van der Waals surface area contributed by atoms with Gasteiger partial charge in [0.05, 0.1) is 42.7 Å². The van der Waals surface area contributed by atoms with Crippen LogP contribution in [0.3, 0.4) is 0 Å². The molecule has 4 aliphatic carbocycles. The van der Waals surface area contributed by atoms with Crippen molar-refractivity contribution in [2.24, 2.45) is 23.7 Å². The normalized spacial score (nSPS) is 21.9. The van der Waals surface area contributed by atoms with E-state index in [1.807, 2.05) is 36.4 Å². The number of methoxy groups -OCH3 is 6. The molecule has 2 aromatic carbocycles. The van der Waals surface area contributed by atoms with E-state index in [4.69, 9.17) is 18.9 Å². The average molecular weight is 864 g/mol. The van der Waals surface area contributed by atoms with Crippen LogP contribution in [-0.2, 0) is 37.5 Å². The molecule has 0 heterocycles.